The summed E-state index contributed by atoms with van der Waals surface area (Å²) in [4.78, 5) is 31.8. The van der Waals surface area contributed by atoms with Crippen LogP contribution in [0.5, 0.6) is 0 Å². The summed E-state index contributed by atoms with van der Waals surface area (Å²) < 4.78 is 4.84. The number of piperidine rings is 1. The zero-order chi connectivity index (χ0) is 21.3. The van der Waals surface area contributed by atoms with Gasteiger partial charge >= 0.3 is 5.97 Å². The molecule has 0 spiro atoms. The van der Waals surface area contributed by atoms with E-state index in [0.29, 0.717) is 12.0 Å². The van der Waals surface area contributed by atoms with Crippen LogP contribution in [0, 0.1) is 5.92 Å². The highest BCUT2D eigenvalue weighted by Gasteiger charge is 2.25. The summed E-state index contributed by atoms with van der Waals surface area (Å²) in [5.41, 5.74) is 0.686. The first kappa shape index (κ1) is 22.9. The number of hydrogen-bond acceptors (Lipinski definition) is 6. The lowest BCUT2D eigenvalue weighted by molar-refractivity contribution is -0.141. The molecule has 30 heavy (non-hydrogen) atoms. The molecule has 2 fully saturated rings. The third kappa shape index (κ3) is 6.37. The first-order valence-corrected chi connectivity index (χ1v) is 12.4. The monoisotopic (exact) mass is 433 g/mol. The van der Waals surface area contributed by atoms with Crippen molar-refractivity contribution in [2.75, 3.05) is 30.9 Å². The van der Waals surface area contributed by atoms with Crippen LogP contribution >= 0.6 is 11.8 Å². The number of ether oxygens (including phenoxy) is 1. The fourth-order valence-corrected chi connectivity index (χ4v) is 5.23. The third-order valence-corrected chi connectivity index (χ3v) is 7.20. The molecule has 2 heterocycles. The maximum atomic E-state index is 13.0. The van der Waals surface area contributed by atoms with E-state index in [2.05, 4.69) is 17.1 Å². The van der Waals surface area contributed by atoms with Crippen molar-refractivity contribution in [3.05, 3.63) is 17.7 Å². The number of carbonyl (C=O) groups excluding carboxylic acids is 2. The Bertz CT molecular complexity index is 722. The number of anilines is 1. The first-order valence-electron chi connectivity index (χ1n) is 11.4. The van der Waals surface area contributed by atoms with E-state index in [1.807, 2.05) is 12.1 Å². The quantitative estimate of drug-likeness (QED) is 0.483. The van der Waals surface area contributed by atoms with Gasteiger partial charge in [-0.15, -0.1) is 11.8 Å². The lowest BCUT2D eigenvalue weighted by Gasteiger charge is -2.33. The van der Waals surface area contributed by atoms with E-state index in [0.717, 1.165) is 61.8 Å². The van der Waals surface area contributed by atoms with E-state index in [-0.39, 0.29) is 23.8 Å². The topological polar surface area (TPSA) is 71.5 Å². The molecule has 0 aromatic carbocycles. The highest BCUT2D eigenvalue weighted by molar-refractivity contribution is 7.99. The molecular formula is C23H35N3O3S. The van der Waals surface area contributed by atoms with Crippen molar-refractivity contribution < 1.29 is 14.3 Å². The molecule has 1 amide bonds. The second kappa shape index (κ2) is 11.6. The molecule has 2 aliphatic rings. The van der Waals surface area contributed by atoms with Crippen molar-refractivity contribution in [1.82, 2.24) is 10.3 Å². The van der Waals surface area contributed by atoms with Gasteiger partial charge < -0.3 is 15.0 Å². The summed E-state index contributed by atoms with van der Waals surface area (Å²) >= 11 is 1.66. The smallest absolute Gasteiger partial charge is 0.305 e. The second-order valence-electron chi connectivity index (χ2n) is 8.41. The molecular weight excluding hydrogens is 398 g/mol. The van der Waals surface area contributed by atoms with Crippen molar-refractivity contribution >= 4 is 29.5 Å². The molecule has 3 rings (SSSR count). The molecule has 1 aliphatic heterocycles. The number of aromatic nitrogens is 1. The number of methoxy groups -OCH3 is 1. The van der Waals surface area contributed by atoms with Gasteiger partial charge in [0.2, 0.25) is 0 Å². The number of rotatable bonds is 8. The van der Waals surface area contributed by atoms with Crippen LogP contribution < -0.4 is 10.2 Å². The van der Waals surface area contributed by atoms with Gasteiger partial charge in [-0.3, -0.25) is 9.59 Å². The Morgan fingerprint density at radius 3 is 2.73 bits per heavy atom. The normalized spacial score (nSPS) is 20.1. The molecule has 1 saturated heterocycles. The summed E-state index contributed by atoms with van der Waals surface area (Å²) in [5.74, 6) is 1.97. The van der Waals surface area contributed by atoms with Gasteiger partial charge in [0.25, 0.3) is 5.91 Å². The Morgan fingerprint density at radius 1 is 1.20 bits per heavy atom. The van der Waals surface area contributed by atoms with Gasteiger partial charge in [-0.1, -0.05) is 26.2 Å². The number of nitrogens with zero attached hydrogens (tertiary/aromatic N) is 2. The average Bonchev–Trinajstić information content (AvgIpc) is 2.78. The van der Waals surface area contributed by atoms with Crippen molar-refractivity contribution in [3.8, 4) is 0 Å². The molecule has 1 saturated carbocycles. The van der Waals surface area contributed by atoms with Crippen LogP contribution in [-0.4, -0.2) is 48.9 Å². The van der Waals surface area contributed by atoms with Crippen molar-refractivity contribution in [2.24, 2.45) is 5.92 Å². The summed E-state index contributed by atoms with van der Waals surface area (Å²) in [5, 5.41) is 4.05. The molecule has 0 radical (unpaired) electrons. The number of esters is 1. The number of thioether (sulfide) groups is 1. The van der Waals surface area contributed by atoms with Gasteiger partial charge in [0, 0.05) is 25.6 Å². The van der Waals surface area contributed by atoms with Crippen molar-refractivity contribution in [2.45, 2.75) is 75.8 Å². The van der Waals surface area contributed by atoms with Crippen LogP contribution in [-0.2, 0) is 9.53 Å². The Morgan fingerprint density at radius 2 is 2.00 bits per heavy atom. The molecule has 7 heteroatoms. The molecule has 166 valence electrons. The second-order valence-corrected chi connectivity index (χ2v) is 9.50. The van der Waals surface area contributed by atoms with E-state index >= 15 is 0 Å². The highest BCUT2D eigenvalue weighted by atomic mass is 32.2. The lowest BCUT2D eigenvalue weighted by Crippen LogP contribution is -2.38. The molecule has 1 aromatic heterocycles. The van der Waals surface area contributed by atoms with E-state index < -0.39 is 0 Å². The van der Waals surface area contributed by atoms with Gasteiger partial charge in [-0.05, 0) is 55.9 Å². The van der Waals surface area contributed by atoms with Gasteiger partial charge in [-0.25, -0.2) is 4.98 Å². The van der Waals surface area contributed by atoms with Gasteiger partial charge in [0.05, 0.1) is 12.7 Å². The maximum Gasteiger partial charge on any atom is 0.305 e. The Hall–Kier alpha value is -1.76. The summed E-state index contributed by atoms with van der Waals surface area (Å²) in [7, 11) is 1.44. The van der Waals surface area contributed by atoms with Crippen molar-refractivity contribution in [1.29, 1.82) is 0 Å². The first-order chi connectivity index (χ1) is 14.6. The maximum absolute atomic E-state index is 13.0. The lowest BCUT2D eigenvalue weighted by atomic mass is 9.95. The van der Waals surface area contributed by atoms with Gasteiger partial charge in [0.1, 0.15) is 10.8 Å². The minimum atomic E-state index is -0.149. The number of nitrogens with one attached hydrogen (secondary N) is 1. The minimum absolute atomic E-state index is 0.00163. The summed E-state index contributed by atoms with van der Waals surface area (Å²) in [6, 6.07) is 4.19. The fraction of sp³-hybridized carbons (Fsp3) is 0.696. The Labute approximate surface area is 184 Å². The van der Waals surface area contributed by atoms with Gasteiger partial charge in [-0.2, -0.15) is 0 Å². The average molecular weight is 434 g/mol. The number of pyridine rings is 1. The number of carbonyl (C=O) groups is 2. The van der Waals surface area contributed by atoms with Gasteiger partial charge in [0.15, 0.2) is 0 Å². The highest BCUT2D eigenvalue weighted by Crippen LogP contribution is 2.29. The van der Waals surface area contributed by atoms with Crippen LogP contribution in [0.4, 0.5) is 5.82 Å². The third-order valence-electron chi connectivity index (χ3n) is 6.00. The zero-order valence-electron chi connectivity index (χ0n) is 18.3. The van der Waals surface area contributed by atoms with E-state index in [1.54, 1.807) is 11.8 Å². The number of amides is 1. The molecule has 6 nitrogen and oxygen atoms in total. The van der Waals surface area contributed by atoms with Crippen LogP contribution in [0.15, 0.2) is 17.2 Å². The molecule has 1 aliphatic carbocycles. The predicted molar refractivity (Wildman–Crippen MR) is 121 cm³/mol. The Balaban J connectivity index is 1.72. The standard InChI is InChI=1S/C23H35N3O3S/c1-3-14-30-23-19(22(28)24-18-9-5-4-6-10-18)11-12-20(25-23)26-13-7-8-17(16-26)15-21(27)29-2/h11-12,17-18H,3-10,13-16H2,1-2H3,(H,24,28). The van der Waals surface area contributed by atoms with Crippen LogP contribution in [0.25, 0.3) is 0 Å². The molecule has 1 atom stereocenters. The fourth-order valence-electron chi connectivity index (χ4n) is 4.36. The van der Waals surface area contributed by atoms with Crippen LogP contribution in [0.1, 0.15) is 75.1 Å². The molecule has 1 unspecified atom stereocenters. The van der Waals surface area contributed by atoms with E-state index in [1.165, 1.54) is 26.4 Å². The van der Waals surface area contributed by atoms with E-state index in [9.17, 15) is 9.59 Å². The predicted octanol–water partition coefficient (Wildman–Crippen LogP) is 4.43. The van der Waals surface area contributed by atoms with Crippen LogP contribution in [0.3, 0.4) is 0 Å². The molecule has 1 aromatic rings. The largest absolute Gasteiger partial charge is 0.469 e. The molecule has 0 bridgehead atoms. The number of hydrogen-bond donors (Lipinski definition) is 1. The zero-order valence-corrected chi connectivity index (χ0v) is 19.1. The summed E-state index contributed by atoms with van der Waals surface area (Å²) in [6.45, 7) is 3.87. The Kier molecular flexibility index (Phi) is 8.85. The van der Waals surface area contributed by atoms with Crippen molar-refractivity contribution in [3.63, 3.8) is 0 Å². The SMILES string of the molecule is CCCSc1nc(N2CCCC(CC(=O)OC)C2)ccc1C(=O)NC1CCCCC1. The molecule has 1 N–H and O–H groups in total. The summed E-state index contributed by atoms with van der Waals surface area (Å²) in [6.07, 6.45) is 9.36. The van der Waals surface area contributed by atoms with Crippen LogP contribution in [0.2, 0.25) is 0 Å². The van der Waals surface area contributed by atoms with E-state index in [4.69, 9.17) is 9.72 Å². The minimum Gasteiger partial charge on any atom is -0.469 e.